The van der Waals surface area contributed by atoms with E-state index in [-0.39, 0.29) is 11.5 Å². The molecule has 0 aliphatic heterocycles. The van der Waals surface area contributed by atoms with Crippen LogP contribution >= 0.6 is 0 Å². The third kappa shape index (κ3) is 1.73. The van der Waals surface area contributed by atoms with E-state index in [2.05, 4.69) is 9.78 Å². The van der Waals surface area contributed by atoms with Crippen LogP contribution < -0.4 is 4.89 Å². The third-order valence-corrected chi connectivity index (χ3v) is 1.29. The van der Waals surface area contributed by atoms with Gasteiger partial charge in [-0.05, 0) is 18.2 Å². The van der Waals surface area contributed by atoms with Gasteiger partial charge >= 0.3 is 0 Å². The molecule has 1 aromatic rings. The van der Waals surface area contributed by atoms with Crippen LogP contribution in [-0.2, 0) is 4.89 Å². The van der Waals surface area contributed by atoms with Gasteiger partial charge in [0, 0.05) is 5.56 Å². The van der Waals surface area contributed by atoms with E-state index in [0.29, 0.717) is 11.8 Å². The van der Waals surface area contributed by atoms with E-state index in [4.69, 9.17) is 5.11 Å². The van der Waals surface area contributed by atoms with E-state index in [9.17, 15) is 4.79 Å². The third-order valence-electron chi connectivity index (χ3n) is 1.29. The van der Waals surface area contributed by atoms with Crippen LogP contribution in [0, 0.1) is 0 Å². The average molecular weight is 168 g/mol. The number of hydrogen-bond acceptors (Lipinski definition) is 4. The van der Waals surface area contributed by atoms with Gasteiger partial charge in [-0.3, -0.25) is 4.79 Å². The first-order valence-electron chi connectivity index (χ1n) is 3.27. The molecule has 1 aromatic carbocycles. The summed E-state index contributed by atoms with van der Waals surface area (Å²) in [6, 6.07) is 4.22. The van der Waals surface area contributed by atoms with Gasteiger partial charge in [0.1, 0.15) is 6.29 Å². The van der Waals surface area contributed by atoms with Crippen molar-refractivity contribution in [3.05, 3.63) is 23.8 Å². The van der Waals surface area contributed by atoms with Crippen LogP contribution in [0.25, 0.3) is 0 Å². The van der Waals surface area contributed by atoms with Gasteiger partial charge in [0.25, 0.3) is 0 Å². The molecule has 0 fully saturated rings. The highest BCUT2D eigenvalue weighted by Crippen LogP contribution is 2.25. The first-order chi connectivity index (χ1) is 5.77. The van der Waals surface area contributed by atoms with E-state index in [1.54, 1.807) is 0 Å². The smallest absolute Gasteiger partial charge is 0.207 e. The maximum absolute atomic E-state index is 10.3. The van der Waals surface area contributed by atoms with Gasteiger partial charge in [-0.2, -0.15) is 4.89 Å². The van der Waals surface area contributed by atoms with Gasteiger partial charge in [0.05, 0.1) is 7.11 Å². The van der Waals surface area contributed by atoms with Crippen LogP contribution in [0.2, 0.25) is 0 Å². The average Bonchev–Trinajstić information content (AvgIpc) is 2.09. The predicted molar refractivity (Wildman–Crippen MR) is 41.1 cm³/mol. The summed E-state index contributed by atoms with van der Waals surface area (Å²) < 4.78 is 0. The Hall–Kier alpha value is -1.55. The van der Waals surface area contributed by atoms with Crippen molar-refractivity contribution in [1.29, 1.82) is 0 Å². The maximum atomic E-state index is 10.3. The Kier molecular flexibility index (Phi) is 2.66. The maximum Gasteiger partial charge on any atom is 0.207 e. The SMILES string of the molecule is COOc1cc(C=O)ccc1O. The number of hydrogen-bond donors (Lipinski definition) is 1. The molecule has 0 bridgehead atoms. The molecule has 0 aliphatic carbocycles. The second-order valence-corrected chi connectivity index (χ2v) is 2.10. The molecule has 0 unspecified atom stereocenters. The molecule has 0 spiro atoms. The fraction of sp³-hybridized carbons (Fsp3) is 0.125. The molecule has 0 heterocycles. The van der Waals surface area contributed by atoms with Gasteiger partial charge in [-0.15, -0.1) is 0 Å². The monoisotopic (exact) mass is 168 g/mol. The molecule has 1 rings (SSSR count). The molecule has 12 heavy (non-hydrogen) atoms. The summed E-state index contributed by atoms with van der Waals surface area (Å²) >= 11 is 0. The Labute approximate surface area is 69.3 Å². The zero-order chi connectivity index (χ0) is 8.97. The largest absolute Gasteiger partial charge is 0.504 e. The number of phenols is 1. The summed E-state index contributed by atoms with van der Waals surface area (Å²) in [5.41, 5.74) is 0.417. The lowest BCUT2D eigenvalue weighted by atomic mass is 10.2. The minimum Gasteiger partial charge on any atom is -0.504 e. The summed E-state index contributed by atoms with van der Waals surface area (Å²) in [6.07, 6.45) is 0.655. The highest BCUT2D eigenvalue weighted by Gasteiger charge is 2.03. The molecule has 64 valence electrons. The van der Waals surface area contributed by atoms with Gasteiger partial charge in [-0.1, -0.05) is 0 Å². The summed E-state index contributed by atoms with van der Waals surface area (Å²) in [4.78, 5) is 19.2. The quantitative estimate of drug-likeness (QED) is 0.417. The number of aldehydes is 1. The Bertz CT molecular complexity index is 282. The molecular formula is C8H8O4. The number of rotatable bonds is 3. The summed E-state index contributed by atoms with van der Waals surface area (Å²) in [6.45, 7) is 0. The summed E-state index contributed by atoms with van der Waals surface area (Å²) in [5.74, 6) is 0.0598. The van der Waals surface area contributed by atoms with Crippen LogP contribution in [0.4, 0.5) is 0 Å². The van der Waals surface area contributed by atoms with Crippen LogP contribution in [0.3, 0.4) is 0 Å². The van der Waals surface area contributed by atoms with Gasteiger partial charge in [0.2, 0.25) is 5.75 Å². The minimum atomic E-state index is -0.0672. The van der Waals surface area contributed by atoms with Gasteiger partial charge in [-0.25, -0.2) is 0 Å². The number of aromatic hydroxyl groups is 1. The molecule has 0 radical (unpaired) electrons. The first-order valence-corrected chi connectivity index (χ1v) is 3.27. The van der Waals surface area contributed by atoms with Crippen LogP contribution in [0.15, 0.2) is 18.2 Å². The zero-order valence-electron chi connectivity index (χ0n) is 6.48. The number of carbonyl (C=O) groups excluding carboxylic acids is 1. The van der Waals surface area contributed by atoms with Gasteiger partial charge < -0.3 is 9.99 Å². The lowest BCUT2D eigenvalue weighted by molar-refractivity contribution is -0.179. The fourth-order valence-corrected chi connectivity index (χ4v) is 0.761. The van der Waals surface area contributed by atoms with Crippen molar-refractivity contribution in [2.45, 2.75) is 0 Å². The highest BCUT2D eigenvalue weighted by atomic mass is 17.2. The molecule has 0 aliphatic rings. The molecular weight excluding hydrogens is 160 g/mol. The molecule has 1 N–H and O–H groups in total. The molecule has 0 saturated heterocycles. The normalized spacial score (nSPS) is 9.42. The van der Waals surface area contributed by atoms with E-state index >= 15 is 0 Å². The molecule has 4 heteroatoms. The van der Waals surface area contributed by atoms with E-state index in [1.165, 1.54) is 25.3 Å². The lowest BCUT2D eigenvalue weighted by Gasteiger charge is -2.02. The Morgan fingerprint density at radius 3 is 2.83 bits per heavy atom. The molecule has 0 aromatic heterocycles. The standard InChI is InChI=1S/C8H8O4/c1-11-12-8-4-6(5-9)2-3-7(8)10/h2-5,10H,1H3. The van der Waals surface area contributed by atoms with E-state index in [0.717, 1.165) is 0 Å². The van der Waals surface area contributed by atoms with Crippen molar-refractivity contribution in [3.63, 3.8) is 0 Å². The second-order valence-electron chi connectivity index (χ2n) is 2.10. The lowest BCUT2D eigenvalue weighted by Crippen LogP contribution is -1.92. The minimum absolute atomic E-state index is 0.0672. The van der Waals surface area contributed by atoms with Crippen molar-refractivity contribution in [1.82, 2.24) is 0 Å². The van der Waals surface area contributed by atoms with E-state index < -0.39 is 0 Å². The Morgan fingerprint density at radius 2 is 2.25 bits per heavy atom. The number of carbonyl (C=O) groups is 1. The first kappa shape index (κ1) is 8.55. The van der Waals surface area contributed by atoms with Crippen molar-refractivity contribution in [3.8, 4) is 11.5 Å². The molecule has 4 nitrogen and oxygen atoms in total. The van der Waals surface area contributed by atoms with Crippen molar-refractivity contribution >= 4 is 6.29 Å². The van der Waals surface area contributed by atoms with Crippen molar-refractivity contribution in [2.75, 3.05) is 7.11 Å². The van der Waals surface area contributed by atoms with Crippen molar-refractivity contribution in [2.24, 2.45) is 0 Å². The fourth-order valence-electron chi connectivity index (χ4n) is 0.761. The molecule has 0 atom stereocenters. The zero-order valence-corrected chi connectivity index (χ0v) is 6.48. The Balaban J connectivity index is 2.99. The van der Waals surface area contributed by atoms with Crippen LogP contribution in [0.5, 0.6) is 11.5 Å². The molecule has 0 saturated carbocycles. The topological polar surface area (TPSA) is 55.8 Å². The number of phenolic OH excluding ortho intramolecular Hbond substituents is 1. The summed E-state index contributed by atoms with van der Waals surface area (Å²) in [5, 5.41) is 9.14. The highest BCUT2D eigenvalue weighted by molar-refractivity contribution is 5.76. The van der Waals surface area contributed by atoms with Crippen LogP contribution in [0.1, 0.15) is 10.4 Å². The summed E-state index contributed by atoms with van der Waals surface area (Å²) in [7, 11) is 1.31. The van der Waals surface area contributed by atoms with Gasteiger partial charge in [0.15, 0.2) is 5.75 Å². The van der Waals surface area contributed by atoms with Crippen LogP contribution in [-0.4, -0.2) is 18.5 Å². The van der Waals surface area contributed by atoms with E-state index in [1.807, 2.05) is 0 Å². The number of benzene rings is 1. The second kappa shape index (κ2) is 3.73. The van der Waals surface area contributed by atoms with Crippen molar-refractivity contribution < 1.29 is 19.7 Å². The molecule has 0 amide bonds. The predicted octanol–water partition coefficient (Wildman–Crippen LogP) is 1.14. The Morgan fingerprint density at radius 1 is 1.50 bits per heavy atom.